The summed E-state index contributed by atoms with van der Waals surface area (Å²) < 4.78 is 11.0. The number of carbonyl (C=O) groups excluding carboxylic acids is 1. The Labute approximate surface area is 187 Å². The van der Waals surface area contributed by atoms with Crippen molar-refractivity contribution in [3.63, 3.8) is 0 Å². The first-order valence-electron chi connectivity index (χ1n) is 10.5. The molecule has 1 aromatic heterocycles. The maximum absolute atomic E-state index is 12.0. The van der Waals surface area contributed by atoms with E-state index >= 15 is 0 Å². The van der Waals surface area contributed by atoms with Crippen molar-refractivity contribution in [2.24, 2.45) is 0 Å². The van der Waals surface area contributed by atoms with Crippen molar-refractivity contribution in [3.05, 3.63) is 70.9 Å². The Morgan fingerprint density at radius 1 is 1.28 bits per heavy atom. The SMILES string of the molecule is CCOC(=O)C(C#N)=CC=C1N(C)c2ccc(-c3nc4cc(C)ccc4o3)cc2C1(C)C. The Kier molecular flexibility index (Phi) is 5.35. The Morgan fingerprint density at radius 2 is 2.06 bits per heavy atom. The molecule has 4 rings (SSSR count). The summed E-state index contributed by atoms with van der Waals surface area (Å²) in [7, 11) is 1.98. The Balaban J connectivity index is 1.74. The first kappa shape index (κ1) is 21.4. The predicted molar refractivity (Wildman–Crippen MR) is 124 cm³/mol. The molecule has 1 aliphatic rings. The summed E-state index contributed by atoms with van der Waals surface area (Å²) in [5, 5.41) is 9.33. The van der Waals surface area contributed by atoms with Crippen molar-refractivity contribution in [2.45, 2.75) is 33.1 Å². The molecule has 6 nitrogen and oxygen atoms in total. The molecular formula is C26H25N3O3. The molecule has 0 bridgehead atoms. The summed E-state index contributed by atoms with van der Waals surface area (Å²) in [4.78, 5) is 18.7. The molecule has 0 spiro atoms. The van der Waals surface area contributed by atoms with Crippen molar-refractivity contribution in [2.75, 3.05) is 18.6 Å². The number of hydrogen-bond donors (Lipinski definition) is 0. The van der Waals surface area contributed by atoms with Gasteiger partial charge in [-0.1, -0.05) is 19.9 Å². The minimum Gasteiger partial charge on any atom is -0.462 e. The van der Waals surface area contributed by atoms with Crippen LogP contribution in [0.15, 0.2) is 64.2 Å². The summed E-state index contributed by atoms with van der Waals surface area (Å²) >= 11 is 0. The molecule has 0 amide bonds. The van der Waals surface area contributed by atoms with Gasteiger partial charge in [0.1, 0.15) is 17.2 Å². The number of hydrogen-bond acceptors (Lipinski definition) is 6. The molecule has 0 unspecified atom stereocenters. The van der Waals surface area contributed by atoms with Crippen LogP contribution >= 0.6 is 0 Å². The average molecular weight is 428 g/mol. The molecular weight excluding hydrogens is 402 g/mol. The predicted octanol–water partition coefficient (Wildman–Crippen LogP) is 5.43. The van der Waals surface area contributed by atoms with E-state index in [0.29, 0.717) is 5.89 Å². The Bertz CT molecular complexity index is 1320. The summed E-state index contributed by atoms with van der Waals surface area (Å²) in [5.41, 5.74) is 6.40. The zero-order valence-corrected chi connectivity index (χ0v) is 18.9. The molecule has 2 aromatic carbocycles. The number of ether oxygens (including phenoxy) is 1. The maximum atomic E-state index is 12.0. The number of aromatic nitrogens is 1. The third-order valence-corrected chi connectivity index (χ3v) is 5.85. The number of likely N-dealkylation sites (N-methyl/N-ethyl adjacent to an activating group) is 1. The Morgan fingerprint density at radius 3 is 2.78 bits per heavy atom. The highest BCUT2D eigenvalue weighted by molar-refractivity contribution is 5.93. The number of benzene rings is 2. The fourth-order valence-electron chi connectivity index (χ4n) is 4.15. The monoisotopic (exact) mass is 427 g/mol. The third-order valence-electron chi connectivity index (χ3n) is 5.85. The van der Waals surface area contributed by atoms with Gasteiger partial charge in [0.15, 0.2) is 5.58 Å². The number of oxazole rings is 1. The van der Waals surface area contributed by atoms with Gasteiger partial charge in [-0.3, -0.25) is 0 Å². The van der Waals surface area contributed by atoms with Gasteiger partial charge in [0, 0.05) is 29.4 Å². The van der Waals surface area contributed by atoms with Crippen molar-refractivity contribution in [1.82, 2.24) is 4.98 Å². The fraction of sp³-hybridized carbons (Fsp3) is 0.269. The summed E-state index contributed by atoms with van der Waals surface area (Å²) in [6.07, 6.45) is 3.35. The number of nitrogens with zero attached hydrogens (tertiary/aromatic N) is 3. The quantitative estimate of drug-likeness (QED) is 0.314. The Hall–Kier alpha value is -3.85. The standard InChI is InChI=1S/C26H25N3O3/c1-6-31-25(30)18(15-27)9-12-23-26(3,4)19-14-17(8-10-21(19)29(23)5)24-28-20-13-16(2)7-11-22(20)32-24/h7-14H,6H2,1-5H3. The number of carbonyl (C=O) groups is 1. The molecule has 0 radical (unpaired) electrons. The van der Waals surface area contributed by atoms with E-state index in [-0.39, 0.29) is 17.6 Å². The van der Waals surface area contributed by atoms with Gasteiger partial charge in [-0.25, -0.2) is 9.78 Å². The highest BCUT2D eigenvalue weighted by atomic mass is 16.5. The van der Waals surface area contributed by atoms with Gasteiger partial charge in [0.2, 0.25) is 5.89 Å². The number of nitriles is 1. The maximum Gasteiger partial charge on any atom is 0.348 e. The van der Waals surface area contributed by atoms with E-state index in [0.717, 1.165) is 39.2 Å². The van der Waals surface area contributed by atoms with Crippen molar-refractivity contribution < 1.29 is 13.9 Å². The van der Waals surface area contributed by atoms with Crippen LogP contribution in [-0.4, -0.2) is 24.6 Å². The minimum atomic E-state index is -0.615. The lowest BCUT2D eigenvalue weighted by molar-refractivity contribution is -0.138. The second-order valence-electron chi connectivity index (χ2n) is 8.37. The lowest BCUT2D eigenvalue weighted by Crippen LogP contribution is -2.22. The number of anilines is 1. The van der Waals surface area contributed by atoms with Crippen LogP contribution in [0.2, 0.25) is 0 Å². The van der Waals surface area contributed by atoms with Crippen LogP contribution in [0.1, 0.15) is 31.9 Å². The number of fused-ring (bicyclic) bond motifs is 2. The second-order valence-corrected chi connectivity index (χ2v) is 8.37. The summed E-state index contributed by atoms with van der Waals surface area (Å²) in [6, 6.07) is 14.0. The number of esters is 1. The topological polar surface area (TPSA) is 79.4 Å². The van der Waals surface area contributed by atoms with Crippen molar-refractivity contribution in [3.8, 4) is 17.5 Å². The summed E-state index contributed by atoms with van der Waals surface area (Å²) in [6.45, 7) is 8.20. The zero-order chi connectivity index (χ0) is 23.0. The lowest BCUT2D eigenvalue weighted by Gasteiger charge is -2.23. The van der Waals surface area contributed by atoms with Crippen LogP contribution < -0.4 is 4.90 Å². The minimum absolute atomic E-state index is 0.0260. The van der Waals surface area contributed by atoms with Gasteiger partial charge in [-0.15, -0.1) is 0 Å². The van der Waals surface area contributed by atoms with Gasteiger partial charge in [-0.2, -0.15) is 5.26 Å². The van der Waals surface area contributed by atoms with Gasteiger partial charge in [0.05, 0.1) is 6.61 Å². The van der Waals surface area contributed by atoms with Crippen molar-refractivity contribution in [1.29, 1.82) is 5.26 Å². The molecule has 32 heavy (non-hydrogen) atoms. The van der Waals surface area contributed by atoms with Crippen LogP contribution in [0, 0.1) is 18.3 Å². The highest BCUT2D eigenvalue weighted by Crippen LogP contribution is 2.48. The van der Waals surface area contributed by atoms with Crippen LogP contribution in [-0.2, 0) is 14.9 Å². The second kappa shape index (κ2) is 8.01. The van der Waals surface area contributed by atoms with Gasteiger partial charge in [-0.05, 0) is 67.5 Å². The van der Waals surface area contributed by atoms with Crippen LogP contribution in [0.4, 0.5) is 5.69 Å². The molecule has 0 fully saturated rings. The molecule has 2 heterocycles. The van der Waals surface area contributed by atoms with Gasteiger partial charge < -0.3 is 14.1 Å². The van der Waals surface area contributed by atoms with Crippen LogP contribution in [0.25, 0.3) is 22.6 Å². The fourth-order valence-corrected chi connectivity index (χ4v) is 4.15. The molecule has 3 aromatic rings. The number of aryl methyl sites for hydroxylation is 1. The molecule has 0 saturated carbocycles. The number of rotatable bonds is 4. The zero-order valence-electron chi connectivity index (χ0n) is 18.9. The van der Waals surface area contributed by atoms with E-state index in [9.17, 15) is 10.1 Å². The largest absolute Gasteiger partial charge is 0.462 e. The van der Waals surface area contributed by atoms with E-state index in [1.54, 1.807) is 6.92 Å². The van der Waals surface area contributed by atoms with E-state index in [4.69, 9.17) is 9.15 Å². The molecule has 0 atom stereocenters. The lowest BCUT2D eigenvalue weighted by atomic mass is 9.83. The first-order chi connectivity index (χ1) is 15.3. The summed E-state index contributed by atoms with van der Waals surface area (Å²) in [5.74, 6) is -0.0328. The molecule has 162 valence electrons. The number of allylic oxidation sites excluding steroid dienone is 3. The van der Waals surface area contributed by atoms with Crippen LogP contribution in [0.3, 0.4) is 0 Å². The molecule has 1 aliphatic heterocycles. The van der Waals surface area contributed by atoms with E-state index in [2.05, 4.69) is 29.8 Å². The van der Waals surface area contributed by atoms with Gasteiger partial charge in [0.25, 0.3) is 0 Å². The normalized spacial score (nSPS) is 16.3. The highest BCUT2D eigenvalue weighted by Gasteiger charge is 2.38. The average Bonchev–Trinajstić information content (AvgIpc) is 3.26. The molecule has 6 heteroatoms. The van der Waals surface area contributed by atoms with E-state index in [1.807, 2.05) is 56.4 Å². The van der Waals surface area contributed by atoms with Crippen molar-refractivity contribution >= 4 is 22.8 Å². The van der Waals surface area contributed by atoms with Crippen LogP contribution in [0.5, 0.6) is 0 Å². The van der Waals surface area contributed by atoms with Gasteiger partial charge >= 0.3 is 5.97 Å². The molecule has 0 N–H and O–H groups in total. The first-order valence-corrected chi connectivity index (χ1v) is 10.5. The molecule has 0 aliphatic carbocycles. The van der Waals surface area contributed by atoms with E-state index < -0.39 is 5.97 Å². The third kappa shape index (κ3) is 3.56. The van der Waals surface area contributed by atoms with E-state index in [1.165, 1.54) is 6.08 Å². The smallest absolute Gasteiger partial charge is 0.348 e. The molecule has 0 saturated heterocycles.